The molecule has 0 aliphatic carbocycles. The maximum atomic E-state index is 11.8. The largest absolute Gasteiger partial charge is 0.466 e. The van der Waals surface area contributed by atoms with Crippen LogP contribution in [0.5, 0.6) is 0 Å². The van der Waals surface area contributed by atoms with Crippen LogP contribution >= 0.6 is 0 Å². The van der Waals surface area contributed by atoms with Crippen LogP contribution in [0, 0.1) is 13.8 Å². The van der Waals surface area contributed by atoms with Gasteiger partial charge in [0.1, 0.15) is 17.1 Å². The molecule has 1 heterocycles. The van der Waals surface area contributed by atoms with Crippen LogP contribution in [0.15, 0.2) is 40.8 Å². The molecule has 0 saturated heterocycles. The van der Waals surface area contributed by atoms with Crippen molar-refractivity contribution in [3.05, 3.63) is 59.0 Å². The molecular weight excluding hydrogens is 228 g/mol. The molecule has 2 rings (SSSR count). The van der Waals surface area contributed by atoms with Crippen LogP contribution in [0.2, 0.25) is 0 Å². The third kappa shape index (κ3) is 3.00. The van der Waals surface area contributed by atoms with Gasteiger partial charge in [0.15, 0.2) is 0 Å². The topological polar surface area (TPSA) is 39.4 Å². The van der Waals surface area contributed by atoms with Crippen molar-refractivity contribution in [3.8, 4) is 0 Å². The van der Waals surface area contributed by atoms with E-state index in [-0.39, 0.29) is 5.97 Å². The molecule has 0 spiro atoms. The van der Waals surface area contributed by atoms with E-state index in [2.05, 4.69) is 0 Å². The van der Waals surface area contributed by atoms with Crippen LogP contribution < -0.4 is 0 Å². The molecule has 0 aliphatic heterocycles. The molecule has 18 heavy (non-hydrogen) atoms. The van der Waals surface area contributed by atoms with E-state index in [9.17, 15) is 4.79 Å². The van der Waals surface area contributed by atoms with Crippen LogP contribution in [0.25, 0.3) is 0 Å². The van der Waals surface area contributed by atoms with Crippen LogP contribution in [0.4, 0.5) is 0 Å². The predicted octanol–water partition coefficient (Wildman–Crippen LogP) is 3.30. The normalized spacial score (nSPS) is 10.3. The van der Waals surface area contributed by atoms with Gasteiger partial charge in [0.25, 0.3) is 0 Å². The summed E-state index contributed by atoms with van der Waals surface area (Å²) in [4.78, 5) is 11.8. The predicted molar refractivity (Wildman–Crippen MR) is 68.6 cm³/mol. The van der Waals surface area contributed by atoms with Crippen LogP contribution in [0.3, 0.4) is 0 Å². The van der Waals surface area contributed by atoms with E-state index >= 15 is 0 Å². The zero-order valence-electron chi connectivity index (χ0n) is 10.6. The van der Waals surface area contributed by atoms with Crippen molar-refractivity contribution >= 4 is 5.97 Å². The molecule has 1 aromatic heterocycles. The van der Waals surface area contributed by atoms with Gasteiger partial charge in [-0.3, -0.25) is 0 Å². The highest BCUT2D eigenvalue weighted by Crippen LogP contribution is 2.14. The summed E-state index contributed by atoms with van der Waals surface area (Å²) in [5.74, 6) is 1.01. The fraction of sp³-hybridized carbons (Fsp3) is 0.267. The minimum atomic E-state index is -0.319. The van der Waals surface area contributed by atoms with Gasteiger partial charge in [0.05, 0.1) is 6.61 Å². The molecule has 2 aromatic rings. The number of hydrogen-bond acceptors (Lipinski definition) is 3. The number of benzene rings is 1. The van der Waals surface area contributed by atoms with Crippen molar-refractivity contribution in [2.75, 3.05) is 6.61 Å². The molecule has 3 heteroatoms. The highest BCUT2D eigenvalue weighted by Gasteiger charge is 2.14. The monoisotopic (exact) mass is 244 g/mol. The highest BCUT2D eigenvalue weighted by atomic mass is 16.5. The molecule has 0 aliphatic rings. The second-order valence-corrected chi connectivity index (χ2v) is 4.20. The standard InChI is InChI=1S/C15H16O3/c1-11-10-14(12(2)18-11)15(16)17-9-8-13-6-4-3-5-7-13/h3-7,10H,8-9H2,1-2H3. The van der Waals surface area contributed by atoms with Crippen LogP contribution in [-0.4, -0.2) is 12.6 Å². The second-order valence-electron chi connectivity index (χ2n) is 4.20. The Bertz CT molecular complexity index is 526. The summed E-state index contributed by atoms with van der Waals surface area (Å²) in [5, 5.41) is 0. The Hall–Kier alpha value is -2.03. The maximum Gasteiger partial charge on any atom is 0.341 e. The van der Waals surface area contributed by atoms with E-state index in [4.69, 9.17) is 9.15 Å². The van der Waals surface area contributed by atoms with Gasteiger partial charge in [0.2, 0.25) is 0 Å². The van der Waals surface area contributed by atoms with E-state index in [1.807, 2.05) is 37.3 Å². The number of ether oxygens (including phenoxy) is 1. The lowest BCUT2D eigenvalue weighted by Crippen LogP contribution is -2.08. The molecule has 0 bridgehead atoms. The van der Waals surface area contributed by atoms with Crippen molar-refractivity contribution in [2.45, 2.75) is 20.3 Å². The van der Waals surface area contributed by atoms with Gasteiger partial charge in [-0.15, -0.1) is 0 Å². The third-order valence-electron chi connectivity index (χ3n) is 2.73. The van der Waals surface area contributed by atoms with E-state index in [0.29, 0.717) is 17.9 Å². The first kappa shape index (κ1) is 12.4. The Kier molecular flexibility index (Phi) is 3.82. The first-order valence-corrected chi connectivity index (χ1v) is 5.95. The summed E-state index contributed by atoms with van der Waals surface area (Å²) in [6, 6.07) is 11.6. The van der Waals surface area contributed by atoms with Crippen molar-refractivity contribution in [1.29, 1.82) is 0 Å². The molecule has 0 saturated carbocycles. The Morgan fingerprint density at radius 1 is 1.22 bits per heavy atom. The second kappa shape index (κ2) is 5.54. The number of hydrogen-bond donors (Lipinski definition) is 0. The lowest BCUT2D eigenvalue weighted by atomic mass is 10.2. The zero-order chi connectivity index (χ0) is 13.0. The molecule has 0 atom stereocenters. The van der Waals surface area contributed by atoms with Crippen molar-refractivity contribution in [2.24, 2.45) is 0 Å². The molecule has 0 fully saturated rings. The molecule has 0 N–H and O–H groups in total. The van der Waals surface area contributed by atoms with Crippen molar-refractivity contribution in [1.82, 2.24) is 0 Å². The SMILES string of the molecule is Cc1cc(C(=O)OCCc2ccccc2)c(C)o1. The average molecular weight is 244 g/mol. The Balaban J connectivity index is 1.87. The first-order valence-electron chi connectivity index (χ1n) is 5.95. The summed E-state index contributed by atoms with van der Waals surface area (Å²) in [6.07, 6.45) is 0.725. The molecule has 0 amide bonds. The summed E-state index contributed by atoms with van der Waals surface area (Å²) in [7, 11) is 0. The Morgan fingerprint density at radius 2 is 1.94 bits per heavy atom. The van der Waals surface area contributed by atoms with Gasteiger partial charge in [-0.1, -0.05) is 30.3 Å². The quantitative estimate of drug-likeness (QED) is 0.775. The molecule has 1 aromatic carbocycles. The zero-order valence-corrected chi connectivity index (χ0v) is 10.6. The smallest absolute Gasteiger partial charge is 0.341 e. The number of aryl methyl sites for hydroxylation is 2. The molecular formula is C15H16O3. The fourth-order valence-electron chi connectivity index (χ4n) is 1.82. The van der Waals surface area contributed by atoms with Gasteiger partial charge in [-0.2, -0.15) is 0 Å². The summed E-state index contributed by atoms with van der Waals surface area (Å²) < 4.78 is 10.5. The third-order valence-corrected chi connectivity index (χ3v) is 2.73. The molecule has 3 nitrogen and oxygen atoms in total. The van der Waals surface area contributed by atoms with Gasteiger partial charge < -0.3 is 9.15 Å². The van der Waals surface area contributed by atoms with Gasteiger partial charge in [-0.05, 0) is 25.5 Å². The average Bonchev–Trinajstić information content (AvgIpc) is 2.70. The van der Waals surface area contributed by atoms with Crippen molar-refractivity contribution < 1.29 is 13.9 Å². The number of furan rings is 1. The summed E-state index contributed by atoms with van der Waals surface area (Å²) in [5.41, 5.74) is 1.67. The molecule has 94 valence electrons. The fourth-order valence-corrected chi connectivity index (χ4v) is 1.82. The van der Waals surface area contributed by atoms with Crippen LogP contribution in [0.1, 0.15) is 27.4 Å². The van der Waals surface area contributed by atoms with E-state index in [0.717, 1.165) is 17.7 Å². The summed E-state index contributed by atoms with van der Waals surface area (Å²) >= 11 is 0. The molecule has 0 unspecified atom stereocenters. The molecule has 0 radical (unpaired) electrons. The van der Waals surface area contributed by atoms with Crippen molar-refractivity contribution in [3.63, 3.8) is 0 Å². The van der Waals surface area contributed by atoms with Crippen LogP contribution in [-0.2, 0) is 11.2 Å². The Labute approximate surface area is 106 Å². The lowest BCUT2D eigenvalue weighted by molar-refractivity contribution is 0.0507. The number of esters is 1. The first-order chi connectivity index (χ1) is 8.66. The Morgan fingerprint density at radius 3 is 2.56 bits per heavy atom. The van der Waals surface area contributed by atoms with Gasteiger partial charge >= 0.3 is 5.97 Å². The maximum absolute atomic E-state index is 11.8. The number of carbonyl (C=O) groups is 1. The minimum absolute atomic E-state index is 0.319. The van der Waals surface area contributed by atoms with Gasteiger partial charge in [-0.25, -0.2) is 4.79 Å². The van der Waals surface area contributed by atoms with E-state index in [1.54, 1.807) is 13.0 Å². The van der Waals surface area contributed by atoms with Gasteiger partial charge in [0, 0.05) is 6.42 Å². The lowest BCUT2D eigenvalue weighted by Gasteiger charge is -2.03. The highest BCUT2D eigenvalue weighted by molar-refractivity contribution is 5.90. The number of rotatable bonds is 4. The van der Waals surface area contributed by atoms with E-state index in [1.165, 1.54) is 0 Å². The minimum Gasteiger partial charge on any atom is -0.466 e. The van der Waals surface area contributed by atoms with E-state index < -0.39 is 0 Å². The summed E-state index contributed by atoms with van der Waals surface area (Å²) in [6.45, 7) is 3.96. The number of carbonyl (C=O) groups excluding carboxylic acids is 1.